The molecule has 0 saturated carbocycles. The maximum Gasteiger partial charge on any atom is 0.282 e. The van der Waals surface area contributed by atoms with Crippen LogP contribution in [0.5, 0.6) is 5.75 Å². The molecule has 1 saturated heterocycles. The second-order valence-corrected chi connectivity index (χ2v) is 11.6. The number of hydrogen-bond donors (Lipinski definition) is 0. The molecule has 3 aromatic heterocycles. The number of hydrogen-bond acceptors (Lipinski definition) is 7. The van der Waals surface area contributed by atoms with Crippen LogP contribution in [-0.2, 0) is 16.4 Å². The average molecular weight is 543 g/mol. The fourth-order valence-electron chi connectivity index (χ4n) is 4.88. The lowest BCUT2D eigenvalue weighted by molar-refractivity contribution is 0.238. The number of likely N-dealkylation sites (tertiary alicyclic amines) is 1. The molecule has 0 aliphatic carbocycles. The van der Waals surface area contributed by atoms with Gasteiger partial charge in [-0.15, -0.1) is 0 Å². The molecule has 1 aliphatic rings. The Balaban J connectivity index is 1.18. The van der Waals surface area contributed by atoms with E-state index >= 15 is 0 Å². The van der Waals surface area contributed by atoms with Gasteiger partial charge in [0.25, 0.3) is 10.0 Å². The van der Waals surface area contributed by atoms with Crippen molar-refractivity contribution in [2.75, 3.05) is 26.2 Å². The number of ether oxygens (including phenoxy) is 1. The Hall–Kier alpha value is -4.02. The first kappa shape index (κ1) is 25.3. The minimum absolute atomic E-state index is 0.196. The van der Waals surface area contributed by atoms with Crippen LogP contribution < -0.4 is 4.74 Å². The molecule has 2 aromatic carbocycles. The van der Waals surface area contributed by atoms with Crippen molar-refractivity contribution in [1.29, 1.82) is 0 Å². The highest BCUT2D eigenvalue weighted by atomic mass is 32.2. The van der Waals surface area contributed by atoms with E-state index in [-0.39, 0.29) is 4.90 Å². The van der Waals surface area contributed by atoms with E-state index < -0.39 is 10.0 Å². The van der Waals surface area contributed by atoms with Crippen LogP contribution in [0.3, 0.4) is 0 Å². The van der Waals surface area contributed by atoms with Crippen molar-refractivity contribution < 1.29 is 13.2 Å². The molecule has 5 aromatic rings. The third kappa shape index (κ3) is 5.43. The fraction of sp³-hybridized carbons (Fsp3) is 0.276. The summed E-state index contributed by atoms with van der Waals surface area (Å²) in [5.41, 5.74) is 3.96. The third-order valence-electron chi connectivity index (χ3n) is 6.95. The van der Waals surface area contributed by atoms with E-state index in [0.717, 1.165) is 27.5 Å². The third-order valence-corrected chi connectivity index (χ3v) is 8.50. The molecule has 0 amide bonds. The van der Waals surface area contributed by atoms with E-state index in [9.17, 15) is 8.42 Å². The number of benzene rings is 2. The molecule has 200 valence electrons. The van der Waals surface area contributed by atoms with Gasteiger partial charge in [0.1, 0.15) is 12.4 Å². The Labute approximate surface area is 227 Å². The van der Waals surface area contributed by atoms with Crippen LogP contribution >= 0.6 is 0 Å². The van der Waals surface area contributed by atoms with Crippen molar-refractivity contribution in [2.45, 2.75) is 31.1 Å². The molecule has 4 heterocycles. The summed E-state index contributed by atoms with van der Waals surface area (Å²) < 4.78 is 34.8. The first-order valence-electron chi connectivity index (χ1n) is 13.1. The zero-order valence-electron chi connectivity index (χ0n) is 21.8. The molecular weight excluding hydrogens is 512 g/mol. The highest BCUT2D eigenvalue weighted by molar-refractivity contribution is 7.89. The highest BCUT2D eigenvalue weighted by Crippen LogP contribution is 2.23. The van der Waals surface area contributed by atoms with Gasteiger partial charge in [0.05, 0.1) is 23.0 Å². The monoisotopic (exact) mass is 542 g/mol. The number of fused-ring (bicyclic) bond motifs is 1. The van der Waals surface area contributed by atoms with Crippen molar-refractivity contribution in [3.63, 3.8) is 0 Å². The van der Waals surface area contributed by atoms with Gasteiger partial charge in [0.15, 0.2) is 11.5 Å². The molecule has 6 rings (SSSR count). The first-order valence-corrected chi connectivity index (χ1v) is 14.6. The van der Waals surface area contributed by atoms with Gasteiger partial charge >= 0.3 is 0 Å². The molecule has 1 aliphatic heterocycles. The molecule has 0 spiro atoms. The van der Waals surface area contributed by atoms with Crippen LogP contribution in [0.25, 0.3) is 16.9 Å². The molecule has 1 fully saturated rings. The van der Waals surface area contributed by atoms with E-state index in [1.165, 1.54) is 38.3 Å². The van der Waals surface area contributed by atoms with Gasteiger partial charge in [0, 0.05) is 18.5 Å². The average Bonchev–Trinajstić information content (AvgIpc) is 3.71. The van der Waals surface area contributed by atoms with E-state index in [4.69, 9.17) is 14.8 Å². The Morgan fingerprint density at radius 3 is 2.56 bits per heavy atom. The summed E-state index contributed by atoms with van der Waals surface area (Å²) in [4.78, 5) is 7.32. The van der Waals surface area contributed by atoms with Crippen LogP contribution in [0.1, 0.15) is 29.8 Å². The summed E-state index contributed by atoms with van der Waals surface area (Å²) in [7, 11) is -3.80. The SMILES string of the molecule is Cc1cccc(S(=O)(=O)n2cc(-c3cccc4nc(Cc5ccc(OCCN6CCCC6)cc5)nn34)cn2)c1. The van der Waals surface area contributed by atoms with Crippen molar-refractivity contribution in [3.05, 3.63) is 96.1 Å². The summed E-state index contributed by atoms with van der Waals surface area (Å²) >= 11 is 0. The van der Waals surface area contributed by atoms with Gasteiger partial charge in [0.2, 0.25) is 0 Å². The van der Waals surface area contributed by atoms with Crippen LogP contribution in [0.4, 0.5) is 0 Å². The van der Waals surface area contributed by atoms with E-state index in [1.807, 2.05) is 55.5 Å². The van der Waals surface area contributed by atoms with Crippen molar-refractivity contribution >= 4 is 15.7 Å². The number of nitrogens with zero attached hydrogens (tertiary/aromatic N) is 6. The zero-order valence-corrected chi connectivity index (χ0v) is 22.6. The van der Waals surface area contributed by atoms with Crippen molar-refractivity contribution in [3.8, 4) is 17.0 Å². The lowest BCUT2D eigenvalue weighted by atomic mass is 10.1. The van der Waals surface area contributed by atoms with Crippen molar-refractivity contribution in [2.24, 2.45) is 0 Å². The van der Waals surface area contributed by atoms with Gasteiger partial charge in [-0.2, -0.15) is 22.7 Å². The summed E-state index contributed by atoms with van der Waals surface area (Å²) in [6, 6.07) is 20.5. The lowest BCUT2D eigenvalue weighted by Crippen LogP contribution is -2.25. The van der Waals surface area contributed by atoms with Crippen molar-refractivity contribution in [1.82, 2.24) is 28.7 Å². The van der Waals surface area contributed by atoms with E-state index in [1.54, 1.807) is 22.7 Å². The minimum atomic E-state index is -3.80. The molecule has 0 bridgehead atoms. The minimum Gasteiger partial charge on any atom is -0.492 e. The lowest BCUT2D eigenvalue weighted by Gasteiger charge is -2.14. The number of aromatic nitrogens is 5. The Morgan fingerprint density at radius 2 is 1.77 bits per heavy atom. The topological polar surface area (TPSA) is 94.6 Å². The second-order valence-electron chi connectivity index (χ2n) is 9.85. The summed E-state index contributed by atoms with van der Waals surface area (Å²) in [6.07, 6.45) is 6.18. The fourth-order valence-corrected chi connectivity index (χ4v) is 6.11. The van der Waals surface area contributed by atoms with Gasteiger partial charge in [-0.3, -0.25) is 4.90 Å². The molecule has 0 atom stereocenters. The normalized spacial score (nSPS) is 14.3. The molecule has 39 heavy (non-hydrogen) atoms. The second kappa shape index (κ2) is 10.6. The van der Waals surface area contributed by atoms with Gasteiger partial charge in [-0.05, 0) is 80.4 Å². The van der Waals surface area contributed by atoms with E-state index in [2.05, 4.69) is 10.00 Å². The summed E-state index contributed by atoms with van der Waals surface area (Å²) in [5, 5.41) is 8.88. The molecule has 0 unspecified atom stereocenters. The van der Waals surface area contributed by atoms with Crippen LogP contribution in [0.15, 0.2) is 84.0 Å². The quantitative estimate of drug-likeness (QED) is 0.275. The predicted molar refractivity (Wildman–Crippen MR) is 148 cm³/mol. The zero-order chi connectivity index (χ0) is 26.8. The molecule has 0 radical (unpaired) electrons. The van der Waals surface area contributed by atoms with Crippen LogP contribution in [0.2, 0.25) is 0 Å². The number of rotatable bonds is 9. The molecule has 10 heteroatoms. The smallest absolute Gasteiger partial charge is 0.282 e. The van der Waals surface area contributed by atoms with Gasteiger partial charge in [-0.1, -0.05) is 30.3 Å². The maximum absolute atomic E-state index is 13.1. The standard InChI is InChI=1S/C29H30N6O3S/c1-22-6-4-7-26(18-22)39(36,37)34-21-24(20-30-34)27-8-5-9-29-31-28(32-35(27)29)19-23-10-12-25(13-11-23)38-17-16-33-14-2-3-15-33/h4-13,18,20-21H,2-3,14-17,19H2,1H3. The maximum atomic E-state index is 13.1. The highest BCUT2D eigenvalue weighted by Gasteiger charge is 2.20. The summed E-state index contributed by atoms with van der Waals surface area (Å²) in [5.74, 6) is 1.53. The van der Waals surface area contributed by atoms with Crippen LogP contribution in [-0.4, -0.2) is 63.3 Å². The molecular formula is C29H30N6O3S. The molecule has 0 N–H and O–H groups in total. The number of pyridine rings is 1. The van der Waals surface area contributed by atoms with Gasteiger partial charge in [-0.25, -0.2) is 9.50 Å². The Morgan fingerprint density at radius 1 is 0.974 bits per heavy atom. The Bertz CT molecular complexity index is 1700. The Kier molecular flexibility index (Phi) is 6.88. The predicted octanol–water partition coefficient (Wildman–Crippen LogP) is 4.20. The summed E-state index contributed by atoms with van der Waals surface area (Å²) in [6.45, 7) is 5.86. The van der Waals surface area contributed by atoms with Gasteiger partial charge < -0.3 is 4.74 Å². The first-order chi connectivity index (χ1) is 19.0. The van der Waals surface area contributed by atoms with E-state index in [0.29, 0.717) is 35.8 Å². The largest absolute Gasteiger partial charge is 0.492 e. The number of aryl methyl sites for hydroxylation is 1. The van der Waals surface area contributed by atoms with Crippen LogP contribution in [0, 0.1) is 6.92 Å². The molecule has 9 nitrogen and oxygen atoms in total.